The van der Waals surface area contributed by atoms with E-state index < -0.39 is 0 Å². The summed E-state index contributed by atoms with van der Waals surface area (Å²) < 4.78 is 0. The predicted octanol–water partition coefficient (Wildman–Crippen LogP) is 5.36. The molecule has 0 atom stereocenters. The summed E-state index contributed by atoms with van der Waals surface area (Å²) in [6, 6.07) is 10.1. The number of aromatic amines is 1. The van der Waals surface area contributed by atoms with E-state index in [9.17, 15) is 4.79 Å². The molecule has 0 aliphatic rings. The average Bonchev–Trinajstić information content (AvgIpc) is 2.79. The van der Waals surface area contributed by atoms with Gasteiger partial charge >= 0.3 is 0 Å². The van der Waals surface area contributed by atoms with Crippen LogP contribution in [0.2, 0.25) is 15.1 Å². The van der Waals surface area contributed by atoms with E-state index in [-0.39, 0.29) is 5.78 Å². The monoisotopic (exact) mass is 323 g/mol. The Kier molecular flexibility index (Phi) is 3.47. The molecule has 100 valence electrons. The Labute approximate surface area is 130 Å². The highest BCUT2D eigenvalue weighted by Gasteiger charge is 2.15. The first kappa shape index (κ1) is 13.5. The van der Waals surface area contributed by atoms with Crippen molar-refractivity contribution in [3.8, 4) is 0 Å². The van der Waals surface area contributed by atoms with Crippen LogP contribution in [0.15, 0.2) is 42.6 Å². The lowest BCUT2D eigenvalue weighted by molar-refractivity contribution is 0.104. The molecule has 0 bridgehead atoms. The Morgan fingerprint density at radius 2 is 1.60 bits per heavy atom. The van der Waals surface area contributed by atoms with Crippen molar-refractivity contribution >= 4 is 51.5 Å². The fourth-order valence-electron chi connectivity index (χ4n) is 2.13. The summed E-state index contributed by atoms with van der Waals surface area (Å²) in [7, 11) is 0. The zero-order chi connectivity index (χ0) is 14.3. The van der Waals surface area contributed by atoms with Crippen molar-refractivity contribution < 1.29 is 4.79 Å². The van der Waals surface area contributed by atoms with Crippen molar-refractivity contribution in [2.75, 3.05) is 0 Å². The topological polar surface area (TPSA) is 32.9 Å². The molecule has 2 nitrogen and oxygen atoms in total. The molecule has 0 aliphatic heterocycles. The summed E-state index contributed by atoms with van der Waals surface area (Å²) in [6.45, 7) is 0. The molecule has 3 rings (SSSR count). The van der Waals surface area contributed by atoms with E-state index in [2.05, 4.69) is 4.98 Å². The molecular weight excluding hydrogens is 317 g/mol. The van der Waals surface area contributed by atoms with Gasteiger partial charge in [0.05, 0.1) is 0 Å². The third-order valence-electron chi connectivity index (χ3n) is 3.01. The molecule has 0 saturated carbocycles. The standard InChI is InChI=1S/C15H8Cl3NO/c16-9-1-2-12-13(7-19-14(12)6-9)15(20)8-3-10(17)5-11(18)4-8/h1-7,19H. The maximum absolute atomic E-state index is 12.5. The molecule has 0 saturated heterocycles. The van der Waals surface area contributed by atoms with Gasteiger partial charge in [-0.1, -0.05) is 40.9 Å². The van der Waals surface area contributed by atoms with Crippen LogP contribution < -0.4 is 0 Å². The van der Waals surface area contributed by atoms with E-state index in [0.29, 0.717) is 26.2 Å². The molecule has 20 heavy (non-hydrogen) atoms. The van der Waals surface area contributed by atoms with Crippen LogP contribution >= 0.6 is 34.8 Å². The van der Waals surface area contributed by atoms with E-state index in [1.54, 1.807) is 36.5 Å². The van der Waals surface area contributed by atoms with Gasteiger partial charge in [-0.2, -0.15) is 0 Å². The second-order valence-corrected chi connectivity index (χ2v) is 5.69. The van der Waals surface area contributed by atoms with Gasteiger partial charge in [-0.15, -0.1) is 0 Å². The largest absolute Gasteiger partial charge is 0.360 e. The number of rotatable bonds is 2. The van der Waals surface area contributed by atoms with Crippen LogP contribution in [0.1, 0.15) is 15.9 Å². The van der Waals surface area contributed by atoms with Gasteiger partial charge in [0.1, 0.15) is 0 Å². The molecule has 0 unspecified atom stereocenters. The Morgan fingerprint density at radius 3 is 2.30 bits per heavy atom. The fraction of sp³-hybridized carbons (Fsp3) is 0. The number of H-pyrrole nitrogens is 1. The van der Waals surface area contributed by atoms with Gasteiger partial charge < -0.3 is 4.98 Å². The number of hydrogen-bond acceptors (Lipinski definition) is 1. The quantitative estimate of drug-likeness (QED) is 0.632. The highest BCUT2D eigenvalue weighted by Crippen LogP contribution is 2.26. The van der Waals surface area contributed by atoms with Crippen LogP contribution in [0, 0.1) is 0 Å². The van der Waals surface area contributed by atoms with Crippen molar-refractivity contribution in [3.05, 3.63) is 68.8 Å². The smallest absolute Gasteiger partial charge is 0.195 e. The zero-order valence-corrected chi connectivity index (χ0v) is 12.4. The fourth-order valence-corrected chi connectivity index (χ4v) is 2.82. The number of carbonyl (C=O) groups is 1. The third kappa shape index (κ3) is 2.42. The number of ketones is 1. The van der Waals surface area contributed by atoms with Gasteiger partial charge in [0.15, 0.2) is 5.78 Å². The molecule has 2 aromatic carbocycles. The Morgan fingerprint density at radius 1 is 0.900 bits per heavy atom. The number of aromatic nitrogens is 1. The number of hydrogen-bond donors (Lipinski definition) is 1. The molecule has 0 fully saturated rings. The van der Waals surface area contributed by atoms with Crippen LogP contribution in [0.5, 0.6) is 0 Å². The van der Waals surface area contributed by atoms with E-state index in [4.69, 9.17) is 34.8 Å². The van der Waals surface area contributed by atoms with E-state index in [1.165, 1.54) is 0 Å². The second kappa shape index (κ2) is 5.13. The normalized spacial score (nSPS) is 10.9. The van der Waals surface area contributed by atoms with Crippen LogP contribution in [0.3, 0.4) is 0 Å². The second-order valence-electron chi connectivity index (χ2n) is 4.38. The van der Waals surface area contributed by atoms with Crippen molar-refractivity contribution in [2.24, 2.45) is 0 Å². The van der Waals surface area contributed by atoms with Crippen molar-refractivity contribution in [1.82, 2.24) is 4.98 Å². The minimum atomic E-state index is -0.136. The first-order chi connectivity index (χ1) is 9.54. The van der Waals surface area contributed by atoms with E-state index >= 15 is 0 Å². The number of carbonyl (C=O) groups excluding carboxylic acids is 1. The molecule has 5 heteroatoms. The van der Waals surface area contributed by atoms with Crippen molar-refractivity contribution in [2.45, 2.75) is 0 Å². The predicted molar refractivity (Wildman–Crippen MR) is 83.2 cm³/mol. The SMILES string of the molecule is O=C(c1cc(Cl)cc(Cl)c1)c1c[nH]c2cc(Cl)ccc12. The molecule has 1 heterocycles. The summed E-state index contributed by atoms with van der Waals surface area (Å²) in [4.78, 5) is 15.6. The first-order valence-electron chi connectivity index (χ1n) is 5.82. The summed E-state index contributed by atoms with van der Waals surface area (Å²) >= 11 is 17.8. The number of benzene rings is 2. The number of halogens is 3. The Hall–Kier alpha value is -1.48. The summed E-state index contributed by atoms with van der Waals surface area (Å²) in [5.41, 5.74) is 1.84. The van der Waals surface area contributed by atoms with Crippen LogP contribution in [-0.2, 0) is 0 Å². The van der Waals surface area contributed by atoms with Crippen molar-refractivity contribution in [3.63, 3.8) is 0 Å². The highest BCUT2D eigenvalue weighted by molar-refractivity contribution is 6.35. The van der Waals surface area contributed by atoms with Gasteiger partial charge in [0.2, 0.25) is 0 Å². The molecule has 0 aliphatic carbocycles. The van der Waals surface area contributed by atoms with Gasteiger partial charge in [0.25, 0.3) is 0 Å². The Balaban J connectivity index is 2.12. The highest BCUT2D eigenvalue weighted by atomic mass is 35.5. The third-order valence-corrected chi connectivity index (χ3v) is 3.68. The van der Waals surface area contributed by atoms with E-state index in [1.807, 2.05) is 6.07 Å². The van der Waals surface area contributed by atoms with Crippen molar-refractivity contribution in [1.29, 1.82) is 0 Å². The number of nitrogens with one attached hydrogen (secondary N) is 1. The summed E-state index contributed by atoms with van der Waals surface area (Å²) in [5.74, 6) is -0.136. The summed E-state index contributed by atoms with van der Waals surface area (Å²) in [6.07, 6.45) is 1.66. The molecule has 3 aromatic rings. The van der Waals surface area contributed by atoms with Gasteiger partial charge in [0, 0.05) is 43.3 Å². The van der Waals surface area contributed by atoms with Crippen LogP contribution in [0.4, 0.5) is 0 Å². The lowest BCUT2D eigenvalue weighted by atomic mass is 10.0. The van der Waals surface area contributed by atoms with Gasteiger partial charge in [-0.3, -0.25) is 4.79 Å². The minimum absolute atomic E-state index is 0.136. The molecule has 1 N–H and O–H groups in total. The average molecular weight is 325 g/mol. The van der Waals surface area contributed by atoms with Gasteiger partial charge in [-0.25, -0.2) is 0 Å². The molecule has 0 radical (unpaired) electrons. The molecule has 1 aromatic heterocycles. The summed E-state index contributed by atoms with van der Waals surface area (Å²) in [5, 5.41) is 2.30. The lowest BCUT2D eigenvalue weighted by Gasteiger charge is -2.02. The molecular formula is C15H8Cl3NO. The maximum Gasteiger partial charge on any atom is 0.195 e. The lowest BCUT2D eigenvalue weighted by Crippen LogP contribution is -2.00. The van der Waals surface area contributed by atoms with Gasteiger partial charge in [-0.05, 0) is 30.3 Å². The van der Waals surface area contributed by atoms with Crippen LogP contribution in [0.25, 0.3) is 10.9 Å². The zero-order valence-electron chi connectivity index (χ0n) is 10.1. The first-order valence-corrected chi connectivity index (χ1v) is 6.95. The van der Waals surface area contributed by atoms with Crippen LogP contribution in [-0.4, -0.2) is 10.8 Å². The minimum Gasteiger partial charge on any atom is -0.360 e. The number of fused-ring (bicyclic) bond motifs is 1. The van der Waals surface area contributed by atoms with E-state index in [0.717, 1.165) is 10.9 Å². The maximum atomic E-state index is 12.5. The molecule has 0 amide bonds. The Bertz CT molecular complexity index is 803. The molecule has 0 spiro atoms.